The number of nitrogens with zero attached hydrogens (tertiary/aromatic N) is 3. The van der Waals surface area contributed by atoms with Crippen LogP contribution in [0.25, 0.3) is 0 Å². The Balaban J connectivity index is 1.71. The average molecular weight is 250 g/mol. The van der Waals surface area contributed by atoms with Crippen molar-refractivity contribution in [2.75, 3.05) is 20.1 Å². The summed E-state index contributed by atoms with van der Waals surface area (Å²) in [6.45, 7) is 7.53. The topological polar surface area (TPSA) is 33.1 Å². The number of nitrogens with one attached hydrogen (secondary N) is 1. The molecule has 2 rings (SSSR count). The molecule has 1 N–H and O–H groups in total. The molecule has 0 saturated heterocycles. The second-order valence-electron chi connectivity index (χ2n) is 5.51. The Morgan fingerprint density at radius 3 is 3.00 bits per heavy atom. The van der Waals surface area contributed by atoms with Crippen molar-refractivity contribution in [3.8, 4) is 0 Å². The van der Waals surface area contributed by atoms with Gasteiger partial charge < -0.3 is 5.32 Å². The Labute approximate surface area is 110 Å². The van der Waals surface area contributed by atoms with E-state index in [0.717, 1.165) is 32.1 Å². The summed E-state index contributed by atoms with van der Waals surface area (Å²) in [6, 6.07) is 3.44. The van der Waals surface area contributed by atoms with Crippen LogP contribution in [0.15, 0.2) is 12.3 Å². The van der Waals surface area contributed by atoms with Gasteiger partial charge in [-0.15, -0.1) is 0 Å². The molecule has 1 aliphatic carbocycles. The summed E-state index contributed by atoms with van der Waals surface area (Å²) in [5, 5.41) is 8.17. The largest absolute Gasteiger partial charge is 0.313 e. The second kappa shape index (κ2) is 6.34. The maximum absolute atomic E-state index is 4.63. The van der Waals surface area contributed by atoms with Crippen LogP contribution < -0.4 is 5.32 Å². The Hall–Kier alpha value is -0.870. The molecule has 0 aliphatic heterocycles. The van der Waals surface area contributed by atoms with E-state index in [4.69, 9.17) is 0 Å². The van der Waals surface area contributed by atoms with Gasteiger partial charge in [-0.3, -0.25) is 9.58 Å². The average Bonchev–Trinajstić information content (AvgIpc) is 3.06. The first-order chi connectivity index (χ1) is 8.69. The predicted octanol–water partition coefficient (Wildman–Crippen LogP) is 2.04. The molecule has 4 nitrogen and oxygen atoms in total. The number of aromatic nitrogens is 2. The molecule has 0 radical (unpaired) electrons. The van der Waals surface area contributed by atoms with E-state index in [-0.39, 0.29) is 0 Å². The molecule has 0 amide bonds. The third-order valence-corrected chi connectivity index (χ3v) is 3.64. The molecular formula is C14H26N4. The Morgan fingerprint density at radius 1 is 1.56 bits per heavy atom. The lowest BCUT2D eigenvalue weighted by Gasteiger charge is -2.15. The number of hydrogen-bond donors (Lipinski definition) is 1. The van der Waals surface area contributed by atoms with Crippen LogP contribution in [0.3, 0.4) is 0 Å². The van der Waals surface area contributed by atoms with Gasteiger partial charge in [0, 0.05) is 37.9 Å². The number of hydrogen-bond acceptors (Lipinski definition) is 3. The second-order valence-corrected chi connectivity index (χ2v) is 5.51. The van der Waals surface area contributed by atoms with Crippen molar-refractivity contribution in [2.45, 2.75) is 51.7 Å². The zero-order valence-corrected chi connectivity index (χ0v) is 11.9. The Bertz CT molecular complexity index is 356. The molecule has 1 fully saturated rings. The first-order valence-electron chi connectivity index (χ1n) is 7.15. The third-order valence-electron chi connectivity index (χ3n) is 3.64. The van der Waals surface area contributed by atoms with E-state index in [0.29, 0.717) is 6.04 Å². The van der Waals surface area contributed by atoms with Gasteiger partial charge in [0.05, 0.1) is 5.69 Å². The maximum atomic E-state index is 4.63. The molecule has 1 heterocycles. The summed E-state index contributed by atoms with van der Waals surface area (Å²) >= 11 is 0. The Kier molecular flexibility index (Phi) is 4.78. The van der Waals surface area contributed by atoms with Crippen LogP contribution in [0.2, 0.25) is 0 Å². The van der Waals surface area contributed by atoms with Crippen molar-refractivity contribution in [3.63, 3.8) is 0 Å². The molecule has 1 unspecified atom stereocenters. The van der Waals surface area contributed by atoms with E-state index >= 15 is 0 Å². The molecule has 18 heavy (non-hydrogen) atoms. The van der Waals surface area contributed by atoms with E-state index < -0.39 is 0 Å². The fourth-order valence-corrected chi connectivity index (χ4v) is 2.00. The standard InChI is InChI=1S/C14H26N4/c1-4-12(2)18-9-7-14(16-18)11-17(3)10-8-15-13-5-6-13/h7,9,12-13,15H,4-6,8,10-11H2,1-3H3. The minimum absolute atomic E-state index is 0.501. The molecule has 0 spiro atoms. The Morgan fingerprint density at radius 2 is 2.33 bits per heavy atom. The smallest absolute Gasteiger partial charge is 0.0764 e. The van der Waals surface area contributed by atoms with Gasteiger partial charge in [0.1, 0.15) is 0 Å². The summed E-state index contributed by atoms with van der Waals surface area (Å²) < 4.78 is 2.08. The molecule has 1 aromatic rings. The lowest BCUT2D eigenvalue weighted by molar-refractivity contribution is 0.317. The lowest BCUT2D eigenvalue weighted by atomic mass is 10.3. The fourth-order valence-electron chi connectivity index (χ4n) is 2.00. The van der Waals surface area contributed by atoms with Crippen molar-refractivity contribution in [3.05, 3.63) is 18.0 Å². The molecule has 1 aliphatic rings. The van der Waals surface area contributed by atoms with Crippen LogP contribution in [-0.4, -0.2) is 40.9 Å². The SMILES string of the molecule is CCC(C)n1ccc(CN(C)CCNC2CC2)n1. The zero-order chi connectivity index (χ0) is 13.0. The van der Waals surface area contributed by atoms with Gasteiger partial charge >= 0.3 is 0 Å². The maximum Gasteiger partial charge on any atom is 0.0764 e. The molecule has 1 aromatic heterocycles. The van der Waals surface area contributed by atoms with Crippen LogP contribution in [0.1, 0.15) is 44.8 Å². The normalized spacial score (nSPS) is 17.3. The van der Waals surface area contributed by atoms with Crippen molar-refractivity contribution >= 4 is 0 Å². The van der Waals surface area contributed by atoms with Crippen molar-refractivity contribution in [2.24, 2.45) is 0 Å². The molecule has 102 valence electrons. The van der Waals surface area contributed by atoms with Gasteiger partial charge in [-0.25, -0.2) is 0 Å². The van der Waals surface area contributed by atoms with Gasteiger partial charge in [-0.2, -0.15) is 5.10 Å². The van der Waals surface area contributed by atoms with E-state index in [1.54, 1.807) is 0 Å². The highest BCUT2D eigenvalue weighted by atomic mass is 15.3. The summed E-state index contributed by atoms with van der Waals surface area (Å²) in [6.07, 6.45) is 5.95. The first-order valence-corrected chi connectivity index (χ1v) is 7.15. The van der Waals surface area contributed by atoms with E-state index in [1.165, 1.54) is 18.5 Å². The number of likely N-dealkylation sites (N-methyl/N-ethyl adjacent to an activating group) is 1. The zero-order valence-electron chi connectivity index (χ0n) is 11.9. The van der Waals surface area contributed by atoms with Gasteiger partial charge in [0.2, 0.25) is 0 Å². The molecule has 1 saturated carbocycles. The van der Waals surface area contributed by atoms with Crippen molar-refractivity contribution in [1.82, 2.24) is 20.0 Å². The summed E-state index contributed by atoms with van der Waals surface area (Å²) in [4.78, 5) is 2.33. The van der Waals surface area contributed by atoms with Crippen LogP contribution in [-0.2, 0) is 6.54 Å². The van der Waals surface area contributed by atoms with Gasteiger partial charge in [-0.1, -0.05) is 6.92 Å². The summed E-state index contributed by atoms with van der Waals surface area (Å²) in [7, 11) is 2.16. The molecule has 0 aromatic carbocycles. The van der Waals surface area contributed by atoms with E-state index in [2.05, 4.69) is 53.2 Å². The van der Waals surface area contributed by atoms with Crippen molar-refractivity contribution in [1.29, 1.82) is 0 Å². The summed E-state index contributed by atoms with van der Waals surface area (Å²) in [5.41, 5.74) is 1.17. The quantitative estimate of drug-likeness (QED) is 0.766. The highest BCUT2D eigenvalue weighted by Crippen LogP contribution is 2.18. The highest BCUT2D eigenvalue weighted by molar-refractivity contribution is 4.99. The predicted molar refractivity (Wildman–Crippen MR) is 74.6 cm³/mol. The van der Waals surface area contributed by atoms with Gasteiger partial charge in [-0.05, 0) is 39.3 Å². The lowest BCUT2D eigenvalue weighted by Crippen LogP contribution is -2.30. The van der Waals surface area contributed by atoms with Crippen LogP contribution in [0, 0.1) is 0 Å². The van der Waals surface area contributed by atoms with E-state index in [9.17, 15) is 0 Å². The molecule has 0 bridgehead atoms. The van der Waals surface area contributed by atoms with Crippen LogP contribution in [0.4, 0.5) is 0 Å². The number of rotatable bonds is 8. The van der Waals surface area contributed by atoms with Gasteiger partial charge in [0.25, 0.3) is 0 Å². The monoisotopic (exact) mass is 250 g/mol. The van der Waals surface area contributed by atoms with Crippen LogP contribution in [0.5, 0.6) is 0 Å². The first kappa shape index (κ1) is 13.6. The molecule has 1 atom stereocenters. The minimum atomic E-state index is 0.501. The van der Waals surface area contributed by atoms with E-state index in [1.807, 2.05) is 0 Å². The molecular weight excluding hydrogens is 224 g/mol. The highest BCUT2D eigenvalue weighted by Gasteiger charge is 2.19. The fraction of sp³-hybridized carbons (Fsp3) is 0.786. The van der Waals surface area contributed by atoms with Crippen molar-refractivity contribution < 1.29 is 0 Å². The molecule has 4 heteroatoms. The van der Waals surface area contributed by atoms with Gasteiger partial charge in [0.15, 0.2) is 0 Å². The minimum Gasteiger partial charge on any atom is -0.313 e. The summed E-state index contributed by atoms with van der Waals surface area (Å²) in [5.74, 6) is 0. The third kappa shape index (κ3) is 4.10. The van der Waals surface area contributed by atoms with Crippen LogP contribution >= 0.6 is 0 Å².